The van der Waals surface area contributed by atoms with E-state index in [4.69, 9.17) is 102 Å². The van der Waals surface area contributed by atoms with E-state index >= 15 is 0 Å². The lowest BCUT2D eigenvalue weighted by atomic mass is 9.89. The summed E-state index contributed by atoms with van der Waals surface area (Å²) in [4.78, 5) is 98.8. The molecule has 0 amide bonds. The molecule has 0 saturated carbocycles. The van der Waals surface area contributed by atoms with Crippen molar-refractivity contribution in [2.45, 2.75) is 98.4 Å². The molecule has 3 aliphatic heterocycles. The molecular formula is C72H66Cl3NO20. The zero-order valence-corrected chi connectivity index (χ0v) is 54.1. The number of halogens is 3. The average Bonchev–Trinajstić information content (AvgIpc) is 0.789. The number of hydrogen-bond acceptors (Lipinski definition) is 21. The van der Waals surface area contributed by atoms with Gasteiger partial charge in [0.2, 0.25) is 18.3 Å². The van der Waals surface area contributed by atoms with Crippen LogP contribution < -0.4 is 0 Å². The molecule has 0 aromatic heterocycles. The fraction of sp³-hybridized carbons (Fsp3) is 0.306. The minimum atomic E-state index is -2.50. The van der Waals surface area contributed by atoms with E-state index in [1.54, 1.807) is 172 Å². The molecule has 24 heteroatoms. The molecule has 0 aliphatic carbocycles. The molecule has 7 aromatic rings. The van der Waals surface area contributed by atoms with Gasteiger partial charge in [0, 0.05) is 17.8 Å². The molecule has 1 unspecified atom stereocenters. The summed E-state index contributed by atoms with van der Waals surface area (Å²) in [5.74, 6) is -9.71. The summed E-state index contributed by atoms with van der Waals surface area (Å²) in [6, 6.07) is 56.0. The van der Waals surface area contributed by atoms with Crippen molar-refractivity contribution in [2.75, 3.05) is 19.8 Å². The van der Waals surface area contributed by atoms with Gasteiger partial charge in [-0.15, -0.1) is 0 Å². The summed E-state index contributed by atoms with van der Waals surface area (Å²) in [7, 11) is 0. The Labute approximate surface area is 567 Å². The Hall–Kier alpha value is -9.03. The SMILES string of the molecule is C[C@H]1[C@H](OC(=O)c2ccccc2)[C@@H](OC(=O)c2ccccc2)[C@H](OC[C@H]2O[C@@H](OC[C@H]3OC(OC(=N)C(Cl)(Cl)Cl)[C@H](OC(=O)c4ccccc4)[C@@H](OC(=O)c4ccccc4)[C@@H]3C)[C@H](OC(=O)c3ccccc3)[C@@H](OC(=O)c3ccccc3)[C@@H]2C)O[C@@H]1COC(=O)c1ccccc1. The monoisotopic (exact) mass is 1370 g/mol. The Morgan fingerprint density at radius 3 is 0.802 bits per heavy atom. The van der Waals surface area contributed by atoms with Crippen LogP contribution >= 0.6 is 34.8 Å². The zero-order valence-electron chi connectivity index (χ0n) is 51.8. The maximum absolute atomic E-state index is 14.4. The summed E-state index contributed by atoms with van der Waals surface area (Å²) in [5, 5.41) is 8.67. The van der Waals surface area contributed by atoms with E-state index in [0.717, 1.165) is 0 Å². The first kappa shape index (κ1) is 69.8. The van der Waals surface area contributed by atoms with Crippen molar-refractivity contribution in [3.05, 3.63) is 251 Å². The van der Waals surface area contributed by atoms with E-state index in [2.05, 4.69) is 0 Å². The topological polar surface area (TPSA) is 263 Å². The van der Waals surface area contributed by atoms with Gasteiger partial charge in [-0.05, 0) is 84.9 Å². The van der Waals surface area contributed by atoms with Gasteiger partial charge < -0.3 is 61.6 Å². The maximum Gasteiger partial charge on any atom is 0.338 e. The molecule has 3 aliphatic rings. The molecule has 21 nitrogen and oxygen atoms in total. The van der Waals surface area contributed by atoms with Crippen LogP contribution in [0.2, 0.25) is 0 Å². The number of carbonyl (C=O) groups excluding carboxylic acids is 7. The average molecular weight is 1370 g/mol. The lowest BCUT2D eigenvalue weighted by Gasteiger charge is -2.47. The molecule has 3 fully saturated rings. The Bertz CT molecular complexity index is 3770. The minimum Gasteiger partial charge on any atom is -0.459 e. The third kappa shape index (κ3) is 17.7. The Balaban J connectivity index is 1.02. The van der Waals surface area contributed by atoms with Gasteiger partial charge in [0.15, 0.2) is 30.9 Å². The fourth-order valence-electron chi connectivity index (χ4n) is 10.9. The summed E-state index contributed by atoms with van der Waals surface area (Å²) < 4.78 is 80.1. The van der Waals surface area contributed by atoms with E-state index in [0.29, 0.717) is 0 Å². The molecule has 3 heterocycles. The van der Waals surface area contributed by atoms with Crippen molar-refractivity contribution < 1.29 is 95.1 Å². The highest BCUT2D eigenvalue weighted by Gasteiger charge is 2.55. The Kier molecular flexibility index (Phi) is 23.7. The predicted octanol–water partition coefficient (Wildman–Crippen LogP) is 11.7. The second-order valence-electron chi connectivity index (χ2n) is 22.7. The standard InChI is InChI=1S/C72H66Cl3NO20/c1-42-52(39-84-61(77)45-25-11-4-12-26-45)87-68(58(93-65(81)49-33-19-8-20-34-49)55(42)90-62(78)46-27-13-5-14-28-46)85-40-53-43(2)56(91-63(79)47-29-15-6-16-30-47)59(94-66(82)50-35-21-9-22-36-50)69(88-53)86-41-54-44(3)57(92-64(80)48-31-17-7-18-32-48)60(70(89-54)96-71(76)72(73,74)75)95-67(83)51-37-23-10-24-38-51/h4-38,42-44,52-60,68-70,76H,39-41H2,1-3H3/t42-,43-,44-,52-,53-,54-,55+,56+,57+,58-,59-,60-,68-,69-,70?/m1/s1. The minimum absolute atomic E-state index is 0.0866. The van der Waals surface area contributed by atoms with Crippen molar-refractivity contribution in [2.24, 2.45) is 17.8 Å². The summed E-state index contributed by atoms with van der Waals surface area (Å²) >= 11 is 18.5. The molecule has 0 radical (unpaired) electrons. The van der Waals surface area contributed by atoms with Gasteiger partial charge >= 0.3 is 41.8 Å². The molecule has 15 atom stereocenters. The summed E-state index contributed by atoms with van der Waals surface area (Å²) in [6.07, 6.45) is -18.1. The highest BCUT2D eigenvalue weighted by atomic mass is 35.6. The quantitative estimate of drug-likeness (QED) is 0.0217. The van der Waals surface area contributed by atoms with Crippen LogP contribution in [0.25, 0.3) is 0 Å². The normalized spacial score (nSPS) is 25.5. The van der Waals surface area contributed by atoms with Gasteiger partial charge in [0.05, 0.1) is 64.4 Å². The van der Waals surface area contributed by atoms with E-state index < -0.39 is 163 Å². The number of alkyl halides is 3. The lowest BCUT2D eigenvalue weighted by molar-refractivity contribution is -0.326. The molecular weight excluding hydrogens is 1310 g/mol. The van der Waals surface area contributed by atoms with Crippen LogP contribution in [0.3, 0.4) is 0 Å². The second-order valence-corrected chi connectivity index (χ2v) is 25.0. The number of hydrogen-bond donors (Lipinski definition) is 1. The number of carbonyl (C=O) groups is 7. The van der Waals surface area contributed by atoms with Crippen molar-refractivity contribution in [3.63, 3.8) is 0 Å². The van der Waals surface area contributed by atoms with Gasteiger partial charge in [-0.1, -0.05) is 183 Å². The van der Waals surface area contributed by atoms with Gasteiger partial charge in [-0.2, -0.15) is 0 Å². The number of ether oxygens (including phenoxy) is 13. The molecule has 0 bridgehead atoms. The molecule has 96 heavy (non-hydrogen) atoms. The third-order valence-corrected chi connectivity index (χ3v) is 16.8. The number of nitrogens with one attached hydrogen (secondary N) is 1. The highest BCUT2D eigenvalue weighted by molar-refractivity contribution is 6.76. The first-order chi connectivity index (χ1) is 46.3. The van der Waals surface area contributed by atoms with Crippen LogP contribution in [-0.2, 0) is 61.6 Å². The maximum atomic E-state index is 14.4. The van der Waals surface area contributed by atoms with Crippen molar-refractivity contribution >= 4 is 82.5 Å². The van der Waals surface area contributed by atoms with Crippen LogP contribution in [-0.4, -0.2) is 145 Å². The van der Waals surface area contributed by atoms with Crippen molar-refractivity contribution in [3.8, 4) is 0 Å². The first-order valence-corrected chi connectivity index (χ1v) is 31.7. The zero-order chi connectivity index (χ0) is 67.9. The van der Waals surface area contributed by atoms with Crippen LogP contribution in [0.15, 0.2) is 212 Å². The fourth-order valence-corrected chi connectivity index (χ4v) is 11.1. The summed E-state index contributed by atoms with van der Waals surface area (Å²) in [6.45, 7) is 3.37. The van der Waals surface area contributed by atoms with Crippen LogP contribution in [0.4, 0.5) is 0 Å². The molecule has 10 rings (SSSR count). The van der Waals surface area contributed by atoms with Crippen LogP contribution in [0.5, 0.6) is 0 Å². The van der Waals surface area contributed by atoms with Gasteiger partial charge in [-0.3, -0.25) is 5.41 Å². The summed E-state index contributed by atoms with van der Waals surface area (Å²) in [5.41, 5.74) is 0.936. The highest BCUT2D eigenvalue weighted by Crippen LogP contribution is 2.39. The molecule has 3 saturated heterocycles. The second kappa shape index (κ2) is 32.6. The largest absolute Gasteiger partial charge is 0.459 e. The predicted molar refractivity (Wildman–Crippen MR) is 345 cm³/mol. The molecule has 500 valence electrons. The first-order valence-electron chi connectivity index (χ1n) is 30.6. The van der Waals surface area contributed by atoms with Crippen LogP contribution in [0, 0.1) is 23.2 Å². The number of rotatable bonds is 22. The van der Waals surface area contributed by atoms with Crippen molar-refractivity contribution in [1.82, 2.24) is 0 Å². The Morgan fingerprint density at radius 2 is 0.542 bits per heavy atom. The van der Waals surface area contributed by atoms with E-state index in [-0.39, 0.29) is 38.9 Å². The smallest absolute Gasteiger partial charge is 0.338 e. The van der Waals surface area contributed by atoms with Gasteiger partial charge in [-0.25, -0.2) is 33.6 Å². The van der Waals surface area contributed by atoms with Gasteiger partial charge in [0.25, 0.3) is 3.79 Å². The molecule has 1 N–H and O–H groups in total. The lowest BCUT2D eigenvalue weighted by Crippen LogP contribution is -2.62. The van der Waals surface area contributed by atoms with E-state index in [1.165, 1.54) is 60.7 Å². The van der Waals surface area contributed by atoms with Gasteiger partial charge in [0.1, 0.15) is 24.9 Å². The number of benzene rings is 7. The van der Waals surface area contributed by atoms with Crippen molar-refractivity contribution in [1.29, 1.82) is 5.41 Å². The number of esters is 7. The third-order valence-electron chi connectivity index (χ3n) is 16.3. The Morgan fingerprint density at radius 1 is 0.323 bits per heavy atom. The molecule has 7 aromatic carbocycles. The van der Waals surface area contributed by atoms with E-state index in [1.807, 2.05) is 0 Å². The van der Waals surface area contributed by atoms with Crippen LogP contribution in [0.1, 0.15) is 93.3 Å². The van der Waals surface area contributed by atoms with E-state index in [9.17, 15) is 33.6 Å². The molecule has 0 spiro atoms.